The minimum Gasteiger partial charge on any atom is -0.319 e. The van der Waals surface area contributed by atoms with Gasteiger partial charge in [-0.25, -0.2) is 14.6 Å². The molecule has 1 N–H and O–H groups in total. The first-order valence-electron chi connectivity index (χ1n) is 11.2. The first kappa shape index (κ1) is 21.2. The number of nitrogens with one attached hydrogen (secondary N) is 1. The van der Waals surface area contributed by atoms with Crippen molar-refractivity contribution in [3.8, 4) is 10.6 Å². The zero-order valence-corrected chi connectivity index (χ0v) is 20.0. The molecule has 6 aromatic rings. The minimum atomic E-state index is -0.231. The van der Waals surface area contributed by atoms with Gasteiger partial charge in [0.15, 0.2) is 5.65 Å². The third-order valence-corrected chi connectivity index (χ3v) is 6.60. The van der Waals surface area contributed by atoms with Gasteiger partial charge in [-0.05, 0) is 43.5 Å². The highest BCUT2D eigenvalue weighted by Gasteiger charge is 2.19. The molecule has 174 valence electrons. The molecule has 0 aliphatic rings. The molecule has 1 amide bonds. The Morgan fingerprint density at radius 2 is 2.00 bits per heavy atom. The summed E-state index contributed by atoms with van der Waals surface area (Å²) in [5, 5.41) is 14.6. The van der Waals surface area contributed by atoms with Gasteiger partial charge in [0.1, 0.15) is 5.65 Å². The summed E-state index contributed by atoms with van der Waals surface area (Å²) in [7, 11) is 0. The van der Waals surface area contributed by atoms with Gasteiger partial charge in [-0.15, -0.1) is 11.3 Å². The maximum atomic E-state index is 13.4. The number of amides is 1. The van der Waals surface area contributed by atoms with E-state index in [9.17, 15) is 4.79 Å². The molecule has 6 aromatic heterocycles. The molecule has 0 fully saturated rings. The standard InChI is InChI=1S/C25H22N8OS/c1-16(2)33-24-20(12-27-33)19(10-21(30-24)22-6-5-9-35-22)25(34)29-17-11-26-32(14-17)15-18-13-31-8-4-3-7-23(31)28-18/h3-14,16H,15H2,1-2H3,(H,29,34). The molecule has 0 aliphatic heterocycles. The number of imidazole rings is 1. The minimum absolute atomic E-state index is 0.118. The third-order valence-electron chi connectivity index (χ3n) is 5.70. The van der Waals surface area contributed by atoms with Crippen molar-refractivity contribution in [1.29, 1.82) is 0 Å². The van der Waals surface area contributed by atoms with Crippen LogP contribution >= 0.6 is 11.3 Å². The second-order valence-electron chi connectivity index (χ2n) is 8.53. The SMILES string of the molecule is CC(C)n1ncc2c(C(=O)Nc3cnn(Cc4cn5ccccc5n4)c3)cc(-c3cccs3)nc21. The van der Waals surface area contributed by atoms with Gasteiger partial charge in [-0.3, -0.25) is 9.48 Å². The second-order valence-corrected chi connectivity index (χ2v) is 9.48. The second kappa shape index (κ2) is 8.48. The van der Waals surface area contributed by atoms with E-state index in [1.54, 1.807) is 34.6 Å². The number of thiophene rings is 1. The molecule has 0 radical (unpaired) electrons. The number of hydrogen-bond donors (Lipinski definition) is 1. The van der Waals surface area contributed by atoms with Gasteiger partial charge in [0.2, 0.25) is 0 Å². The molecule has 0 aliphatic carbocycles. The molecule has 0 aromatic carbocycles. The van der Waals surface area contributed by atoms with Crippen molar-refractivity contribution >= 4 is 39.6 Å². The van der Waals surface area contributed by atoms with E-state index in [-0.39, 0.29) is 11.9 Å². The van der Waals surface area contributed by atoms with Gasteiger partial charge < -0.3 is 9.72 Å². The smallest absolute Gasteiger partial charge is 0.256 e. The fourth-order valence-corrected chi connectivity index (χ4v) is 4.76. The molecular formula is C25H22N8OS. The van der Waals surface area contributed by atoms with Crippen LogP contribution in [0.15, 0.2) is 72.8 Å². The van der Waals surface area contributed by atoms with Crippen LogP contribution in [-0.4, -0.2) is 39.8 Å². The number of fused-ring (bicyclic) bond motifs is 2. The Bertz CT molecular complexity index is 1620. The van der Waals surface area contributed by atoms with Crippen LogP contribution in [0.3, 0.4) is 0 Å². The van der Waals surface area contributed by atoms with Crippen molar-refractivity contribution in [1.82, 2.24) is 33.9 Å². The molecule has 0 saturated carbocycles. The largest absolute Gasteiger partial charge is 0.319 e. The highest BCUT2D eigenvalue weighted by molar-refractivity contribution is 7.13. The molecule has 6 rings (SSSR count). The molecule has 0 spiro atoms. The maximum absolute atomic E-state index is 13.4. The molecular weight excluding hydrogens is 460 g/mol. The summed E-state index contributed by atoms with van der Waals surface area (Å²) in [6.07, 6.45) is 9.09. The zero-order valence-electron chi connectivity index (χ0n) is 19.2. The number of carbonyl (C=O) groups excluding carboxylic acids is 1. The topological polar surface area (TPSA) is 94.9 Å². The number of hydrogen-bond acceptors (Lipinski definition) is 6. The van der Waals surface area contributed by atoms with Gasteiger partial charge in [0, 0.05) is 24.6 Å². The molecule has 0 bridgehead atoms. The summed E-state index contributed by atoms with van der Waals surface area (Å²) < 4.78 is 5.57. The van der Waals surface area contributed by atoms with Gasteiger partial charge >= 0.3 is 0 Å². The van der Waals surface area contributed by atoms with Crippen LogP contribution in [0, 0.1) is 0 Å². The first-order chi connectivity index (χ1) is 17.0. The predicted molar refractivity (Wildman–Crippen MR) is 136 cm³/mol. The number of carbonyl (C=O) groups is 1. The Morgan fingerprint density at radius 3 is 2.80 bits per heavy atom. The highest BCUT2D eigenvalue weighted by atomic mass is 32.1. The van der Waals surface area contributed by atoms with Crippen LogP contribution in [0.4, 0.5) is 5.69 Å². The van der Waals surface area contributed by atoms with E-state index in [0.717, 1.165) is 21.9 Å². The van der Waals surface area contributed by atoms with E-state index in [1.807, 2.05) is 77.1 Å². The lowest BCUT2D eigenvalue weighted by atomic mass is 10.1. The molecule has 0 unspecified atom stereocenters. The van der Waals surface area contributed by atoms with Crippen LogP contribution in [0.1, 0.15) is 35.9 Å². The van der Waals surface area contributed by atoms with E-state index in [4.69, 9.17) is 4.98 Å². The van der Waals surface area contributed by atoms with Crippen molar-refractivity contribution in [2.75, 3.05) is 5.32 Å². The van der Waals surface area contributed by atoms with Crippen LogP contribution in [0.2, 0.25) is 0 Å². The number of aromatic nitrogens is 7. The molecule has 6 heterocycles. The van der Waals surface area contributed by atoms with Gasteiger partial charge in [-0.2, -0.15) is 10.2 Å². The number of pyridine rings is 2. The average Bonchev–Trinajstić information content (AvgIpc) is 3.64. The molecule has 10 heteroatoms. The lowest BCUT2D eigenvalue weighted by Gasteiger charge is -2.10. The van der Waals surface area contributed by atoms with Crippen molar-refractivity contribution in [2.45, 2.75) is 26.4 Å². The third kappa shape index (κ3) is 3.97. The van der Waals surface area contributed by atoms with Crippen molar-refractivity contribution < 1.29 is 4.79 Å². The van der Waals surface area contributed by atoms with Crippen molar-refractivity contribution in [3.05, 3.63) is 84.0 Å². The Labute approximate surface area is 204 Å². The van der Waals surface area contributed by atoms with Crippen molar-refractivity contribution in [3.63, 3.8) is 0 Å². The van der Waals surface area contributed by atoms with E-state index in [0.29, 0.717) is 28.8 Å². The van der Waals surface area contributed by atoms with Crippen LogP contribution in [0.5, 0.6) is 0 Å². The molecule has 0 saturated heterocycles. The fraction of sp³-hybridized carbons (Fsp3) is 0.160. The van der Waals surface area contributed by atoms with Gasteiger partial charge in [0.25, 0.3) is 5.91 Å². The lowest BCUT2D eigenvalue weighted by Crippen LogP contribution is -2.13. The first-order valence-corrected chi connectivity index (χ1v) is 12.1. The number of rotatable bonds is 6. The van der Waals surface area contributed by atoms with Gasteiger partial charge in [0.05, 0.1) is 51.8 Å². The summed E-state index contributed by atoms with van der Waals surface area (Å²) >= 11 is 1.59. The molecule has 0 atom stereocenters. The monoisotopic (exact) mass is 482 g/mol. The van der Waals surface area contributed by atoms with E-state index in [2.05, 4.69) is 20.5 Å². The van der Waals surface area contributed by atoms with Gasteiger partial charge in [-0.1, -0.05) is 12.1 Å². The quantitative estimate of drug-likeness (QED) is 0.365. The lowest BCUT2D eigenvalue weighted by molar-refractivity contribution is 0.102. The summed E-state index contributed by atoms with van der Waals surface area (Å²) in [6.45, 7) is 4.59. The van der Waals surface area contributed by atoms with Crippen molar-refractivity contribution in [2.24, 2.45) is 0 Å². The van der Waals surface area contributed by atoms with Crippen LogP contribution in [-0.2, 0) is 6.54 Å². The summed E-state index contributed by atoms with van der Waals surface area (Å²) in [5.74, 6) is -0.231. The zero-order chi connectivity index (χ0) is 23.9. The van der Waals surface area contributed by atoms with Crippen LogP contribution < -0.4 is 5.32 Å². The fourth-order valence-electron chi connectivity index (χ4n) is 4.08. The number of nitrogens with zero attached hydrogens (tertiary/aromatic N) is 7. The normalized spacial score (nSPS) is 11.6. The predicted octanol–water partition coefficient (Wildman–Crippen LogP) is 4.89. The Hall–Kier alpha value is -4.31. The Balaban J connectivity index is 1.29. The van der Waals surface area contributed by atoms with E-state index >= 15 is 0 Å². The molecule has 35 heavy (non-hydrogen) atoms. The van der Waals surface area contributed by atoms with E-state index in [1.165, 1.54) is 0 Å². The Kier molecular flexibility index (Phi) is 5.14. The summed E-state index contributed by atoms with van der Waals surface area (Å²) in [6, 6.07) is 11.8. The summed E-state index contributed by atoms with van der Waals surface area (Å²) in [4.78, 5) is 23.8. The van der Waals surface area contributed by atoms with E-state index < -0.39 is 0 Å². The number of anilines is 1. The molecule has 9 nitrogen and oxygen atoms in total. The summed E-state index contributed by atoms with van der Waals surface area (Å²) in [5.41, 5.74) is 4.35. The highest BCUT2D eigenvalue weighted by Crippen LogP contribution is 2.29. The maximum Gasteiger partial charge on any atom is 0.256 e. The van der Waals surface area contributed by atoms with Crippen LogP contribution in [0.25, 0.3) is 27.3 Å². The Morgan fingerprint density at radius 1 is 1.09 bits per heavy atom. The average molecular weight is 483 g/mol.